The number of hydrogen-bond donors (Lipinski definition) is 1. The fourth-order valence-corrected chi connectivity index (χ4v) is 2.73. The van der Waals surface area contributed by atoms with E-state index in [4.69, 9.17) is 9.84 Å². The van der Waals surface area contributed by atoms with Crippen molar-refractivity contribution < 1.29 is 14.6 Å². The van der Waals surface area contributed by atoms with E-state index in [1.807, 2.05) is 12.1 Å². The Kier molecular flexibility index (Phi) is 6.20. The SMILES string of the molecule is CC(C)COC1=C(CCc2cccc(CCO)c2)C(=O)CC1. The van der Waals surface area contributed by atoms with E-state index in [-0.39, 0.29) is 12.4 Å². The van der Waals surface area contributed by atoms with Crippen LogP contribution >= 0.6 is 0 Å². The number of carbonyl (C=O) groups is 1. The maximum atomic E-state index is 12.0. The molecule has 1 aromatic rings. The minimum absolute atomic E-state index is 0.167. The Balaban J connectivity index is 2.00. The van der Waals surface area contributed by atoms with Crippen molar-refractivity contribution in [3.63, 3.8) is 0 Å². The monoisotopic (exact) mass is 302 g/mol. The number of aliphatic hydroxyl groups excluding tert-OH is 1. The van der Waals surface area contributed by atoms with E-state index in [2.05, 4.69) is 26.0 Å². The van der Waals surface area contributed by atoms with Gasteiger partial charge in [0.25, 0.3) is 0 Å². The zero-order valence-electron chi connectivity index (χ0n) is 13.6. The lowest BCUT2D eigenvalue weighted by molar-refractivity contribution is -0.115. The van der Waals surface area contributed by atoms with Crippen LogP contribution < -0.4 is 0 Å². The van der Waals surface area contributed by atoms with Gasteiger partial charge in [-0.05, 0) is 36.3 Å². The van der Waals surface area contributed by atoms with E-state index in [9.17, 15) is 4.79 Å². The number of ketones is 1. The number of ether oxygens (including phenoxy) is 1. The van der Waals surface area contributed by atoms with Crippen LogP contribution in [0.15, 0.2) is 35.6 Å². The van der Waals surface area contributed by atoms with E-state index in [1.165, 1.54) is 5.56 Å². The highest BCUT2D eigenvalue weighted by atomic mass is 16.5. The molecule has 3 heteroatoms. The van der Waals surface area contributed by atoms with Gasteiger partial charge in [0.2, 0.25) is 0 Å². The first kappa shape index (κ1) is 16.8. The lowest BCUT2D eigenvalue weighted by atomic mass is 10.0. The van der Waals surface area contributed by atoms with Gasteiger partial charge in [-0.1, -0.05) is 38.1 Å². The summed E-state index contributed by atoms with van der Waals surface area (Å²) in [6.07, 6.45) is 3.61. The molecule has 1 N–H and O–H groups in total. The summed E-state index contributed by atoms with van der Waals surface area (Å²) >= 11 is 0. The van der Waals surface area contributed by atoms with Crippen molar-refractivity contribution in [3.05, 3.63) is 46.7 Å². The average molecular weight is 302 g/mol. The molecular formula is C19H26O3. The van der Waals surface area contributed by atoms with Gasteiger partial charge >= 0.3 is 0 Å². The van der Waals surface area contributed by atoms with E-state index < -0.39 is 0 Å². The summed E-state index contributed by atoms with van der Waals surface area (Å²) in [5.41, 5.74) is 3.23. The molecule has 22 heavy (non-hydrogen) atoms. The first-order valence-corrected chi connectivity index (χ1v) is 8.17. The smallest absolute Gasteiger partial charge is 0.162 e. The second-order valence-electron chi connectivity index (χ2n) is 6.32. The Bertz CT molecular complexity index is 543. The van der Waals surface area contributed by atoms with Crippen molar-refractivity contribution in [2.24, 2.45) is 5.92 Å². The Morgan fingerprint density at radius 3 is 2.55 bits per heavy atom. The molecule has 0 unspecified atom stereocenters. The van der Waals surface area contributed by atoms with Crippen LogP contribution in [-0.4, -0.2) is 24.1 Å². The molecule has 0 heterocycles. The van der Waals surface area contributed by atoms with E-state index >= 15 is 0 Å². The minimum Gasteiger partial charge on any atom is -0.497 e. The minimum atomic E-state index is 0.167. The summed E-state index contributed by atoms with van der Waals surface area (Å²) < 4.78 is 5.82. The molecule has 0 saturated carbocycles. The number of rotatable bonds is 8. The molecule has 0 amide bonds. The Morgan fingerprint density at radius 2 is 1.86 bits per heavy atom. The van der Waals surface area contributed by atoms with Crippen LogP contribution in [0.5, 0.6) is 0 Å². The summed E-state index contributed by atoms with van der Waals surface area (Å²) in [4.78, 5) is 12.0. The molecule has 3 nitrogen and oxygen atoms in total. The lowest BCUT2D eigenvalue weighted by Crippen LogP contribution is -2.04. The summed E-state index contributed by atoms with van der Waals surface area (Å²) in [7, 11) is 0. The van der Waals surface area contributed by atoms with Crippen molar-refractivity contribution >= 4 is 5.78 Å². The average Bonchev–Trinajstić information content (AvgIpc) is 2.84. The molecule has 0 aliphatic heterocycles. The van der Waals surface area contributed by atoms with Crippen LogP contribution in [0.3, 0.4) is 0 Å². The van der Waals surface area contributed by atoms with Gasteiger partial charge < -0.3 is 9.84 Å². The number of Topliss-reactive ketones (excluding diaryl/α,β-unsaturated/α-hetero) is 1. The summed E-state index contributed by atoms with van der Waals surface area (Å²) in [5.74, 6) is 1.62. The van der Waals surface area contributed by atoms with E-state index in [0.29, 0.717) is 25.4 Å². The van der Waals surface area contributed by atoms with Gasteiger partial charge in [-0.2, -0.15) is 0 Å². The maximum Gasteiger partial charge on any atom is 0.162 e. The van der Waals surface area contributed by atoms with Crippen molar-refractivity contribution in [3.8, 4) is 0 Å². The molecule has 1 aliphatic rings. The predicted octanol–water partition coefficient (Wildman–Crippen LogP) is 3.44. The first-order chi connectivity index (χ1) is 10.6. The number of aryl methyl sites for hydroxylation is 1. The Morgan fingerprint density at radius 1 is 1.14 bits per heavy atom. The molecule has 1 aliphatic carbocycles. The molecule has 0 spiro atoms. The fourth-order valence-electron chi connectivity index (χ4n) is 2.73. The standard InChI is InChI=1S/C19H26O3/c1-14(2)13-22-19-9-8-18(21)17(19)7-6-15-4-3-5-16(12-15)10-11-20/h3-5,12,14,20H,6-11,13H2,1-2H3. The van der Waals surface area contributed by atoms with E-state index in [1.54, 1.807) is 0 Å². The van der Waals surface area contributed by atoms with Gasteiger partial charge in [-0.25, -0.2) is 0 Å². The second-order valence-corrected chi connectivity index (χ2v) is 6.32. The van der Waals surface area contributed by atoms with Gasteiger partial charge in [-0.3, -0.25) is 4.79 Å². The predicted molar refractivity (Wildman–Crippen MR) is 87.6 cm³/mol. The van der Waals surface area contributed by atoms with E-state index in [0.717, 1.165) is 36.2 Å². The van der Waals surface area contributed by atoms with Crippen molar-refractivity contribution in [2.45, 2.75) is 46.0 Å². The maximum absolute atomic E-state index is 12.0. The van der Waals surface area contributed by atoms with Gasteiger partial charge in [0, 0.05) is 25.0 Å². The zero-order valence-corrected chi connectivity index (χ0v) is 13.6. The molecule has 0 fully saturated rings. The Hall–Kier alpha value is -1.61. The number of allylic oxidation sites excluding steroid dienone is 2. The summed E-state index contributed by atoms with van der Waals surface area (Å²) in [6, 6.07) is 8.23. The number of aliphatic hydroxyl groups is 1. The normalized spacial score (nSPS) is 15.0. The first-order valence-electron chi connectivity index (χ1n) is 8.17. The molecule has 0 saturated heterocycles. The van der Waals surface area contributed by atoms with Crippen LogP contribution in [0.4, 0.5) is 0 Å². The second kappa shape index (κ2) is 8.14. The van der Waals surface area contributed by atoms with Gasteiger partial charge in [0.05, 0.1) is 6.61 Å². The van der Waals surface area contributed by atoms with Crippen LogP contribution in [0.2, 0.25) is 0 Å². The van der Waals surface area contributed by atoms with Crippen LogP contribution in [0.1, 0.15) is 44.2 Å². The number of carbonyl (C=O) groups excluding carboxylic acids is 1. The molecule has 0 aromatic heterocycles. The molecule has 0 radical (unpaired) electrons. The lowest BCUT2D eigenvalue weighted by Gasteiger charge is -2.11. The largest absolute Gasteiger partial charge is 0.497 e. The molecule has 120 valence electrons. The van der Waals surface area contributed by atoms with Gasteiger partial charge in [-0.15, -0.1) is 0 Å². The van der Waals surface area contributed by atoms with Crippen LogP contribution in [0.25, 0.3) is 0 Å². The third kappa shape index (κ3) is 4.70. The van der Waals surface area contributed by atoms with Gasteiger partial charge in [0.1, 0.15) is 5.76 Å². The third-order valence-corrected chi connectivity index (χ3v) is 3.90. The van der Waals surface area contributed by atoms with Crippen LogP contribution in [0, 0.1) is 5.92 Å². The van der Waals surface area contributed by atoms with Crippen molar-refractivity contribution in [1.29, 1.82) is 0 Å². The number of benzene rings is 1. The summed E-state index contributed by atoms with van der Waals surface area (Å²) in [6.45, 7) is 5.08. The quantitative estimate of drug-likeness (QED) is 0.800. The molecule has 2 rings (SSSR count). The molecule has 1 aromatic carbocycles. The zero-order chi connectivity index (χ0) is 15.9. The van der Waals surface area contributed by atoms with Crippen molar-refractivity contribution in [2.75, 3.05) is 13.2 Å². The molecule has 0 bridgehead atoms. The van der Waals surface area contributed by atoms with Gasteiger partial charge in [0.15, 0.2) is 5.78 Å². The highest BCUT2D eigenvalue weighted by Gasteiger charge is 2.24. The molecule has 0 atom stereocenters. The number of hydrogen-bond acceptors (Lipinski definition) is 3. The Labute approximate surface area is 133 Å². The fraction of sp³-hybridized carbons (Fsp3) is 0.526. The summed E-state index contributed by atoms with van der Waals surface area (Å²) in [5, 5.41) is 9.02. The third-order valence-electron chi connectivity index (χ3n) is 3.90. The van der Waals surface area contributed by atoms with Crippen LogP contribution in [-0.2, 0) is 22.4 Å². The topological polar surface area (TPSA) is 46.5 Å². The highest BCUT2D eigenvalue weighted by Crippen LogP contribution is 2.28. The van der Waals surface area contributed by atoms with Crippen molar-refractivity contribution in [1.82, 2.24) is 0 Å². The molecular weight excluding hydrogens is 276 g/mol. The highest BCUT2D eigenvalue weighted by molar-refractivity contribution is 5.98.